The van der Waals surface area contributed by atoms with E-state index in [0.717, 1.165) is 34.6 Å². The molecule has 0 atom stereocenters. The molecule has 0 saturated heterocycles. The van der Waals surface area contributed by atoms with E-state index in [0.29, 0.717) is 27.7 Å². The lowest BCUT2D eigenvalue weighted by molar-refractivity contribution is 0.0986. The minimum Gasteiger partial charge on any atom is -0.293 e. The number of aromatic nitrogens is 5. The maximum absolute atomic E-state index is 12.5. The standard InChI is InChI=1S/C27H22ClN5O2S/c1-2-19-15-18(12-13-29-19)22-16-21(32-14-4-3-5-27(32)35)7-8-23(22)33-17-20(30-31-33)6-9-24(34)25-10-11-26(28)36-25/h3-5,7-8,10-17H,2,6,9H2,1H3. The number of pyridine rings is 2. The molecule has 0 saturated carbocycles. The highest BCUT2D eigenvalue weighted by atomic mass is 35.5. The third-order valence-corrected chi connectivity index (χ3v) is 7.09. The number of halogens is 1. The Morgan fingerprint density at radius 3 is 2.72 bits per heavy atom. The maximum Gasteiger partial charge on any atom is 0.255 e. The normalized spacial score (nSPS) is 11.1. The Balaban J connectivity index is 1.49. The molecule has 4 aromatic heterocycles. The molecule has 0 unspecified atom stereocenters. The molecule has 0 aliphatic rings. The molecule has 0 bridgehead atoms. The van der Waals surface area contributed by atoms with Crippen molar-refractivity contribution >= 4 is 28.7 Å². The van der Waals surface area contributed by atoms with Crippen LogP contribution in [0.2, 0.25) is 4.34 Å². The third-order valence-electron chi connectivity index (χ3n) is 5.81. The molecule has 0 spiro atoms. The Kier molecular flexibility index (Phi) is 6.88. The van der Waals surface area contributed by atoms with Gasteiger partial charge in [-0.25, -0.2) is 4.68 Å². The maximum atomic E-state index is 12.5. The van der Waals surface area contributed by atoms with Crippen molar-refractivity contribution < 1.29 is 4.79 Å². The molecule has 1 aromatic carbocycles. The Labute approximate surface area is 216 Å². The summed E-state index contributed by atoms with van der Waals surface area (Å²) in [5.74, 6) is 0.0312. The van der Waals surface area contributed by atoms with Crippen LogP contribution >= 0.6 is 22.9 Å². The predicted octanol–water partition coefficient (Wildman–Crippen LogP) is 5.57. The first kappa shape index (κ1) is 23.8. The zero-order chi connectivity index (χ0) is 25.1. The van der Waals surface area contributed by atoms with Gasteiger partial charge in [-0.3, -0.25) is 19.1 Å². The first-order chi connectivity index (χ1) is 17.5. The second-order valence-electron chi connectivity index (χ2n) is 8.18. The molecule has 180 valence electrons. The number of ketones is 1. The minimum absolute atomic E-state index is 0.0312. The third kappa shape index (κ3) is 5.05. The fraction of sp³-hybridized carbons (Fsp3) is 0.148. The van der Waals surface area contributed by atoms with Crippen molar-refractivity contribution in [2.45, 2.75) is 26.2 Å². The summed E-state index contributed by atoms with van der Waals surface area (Å²) in [5.41, 5.74) is 4.97. The summed E-state index contributed by atoms with van der Waals surface area (Å²) in [6.07, 6.45) is 6.96. The highest BCUT2D eigenvalue weighted by molar-refractivity contribution is 7.18. The molecule has 0 fully saturated rings. The van der Waals surface area contributed by atoms with Crippen molar-refractivity contribution in [3.05, 3.63) is 110 Å². The number of benzene rings is 1. The summed E-state index contributed by atoms with van der Waals surface area (Å²) >= 11 is 7.24. The summed E-state index contributed by atoms with van der Waals surface area (Å²) in [7, 11) is 0. The van der Waals surface area contributed by atoms with E-state index in [1.807, 2.05) is 42.6 Å². The number of Topliss-reactive ketones (excluding diaryl/α,β-unsaturated/α-hetero) is 1. The summed E-state index contributed by atoms with van der Waals surface area (Å²) in [5, 5.41) is 8.64. The van der Waals surface area contributed by atoms with Crippen LogP contribution in [0.5, 0.6) is 0 Å². The van der Waals surface area contributed by atoms with Crippen LogP contribution in [0.1, 0.15) is 34.4 Å². The number of aryl methyl sites for hydroxylation is 2. The van der Waals surface area contributed by atoms with Gasteiger partial charge in [0.05, 0.1) is 26.8 Å². The minimum atomic E-state index is -0.111. The fourth-order valence-corrected chi connectivity index (χ4v) is 4.95. The van der Waals surface area contributed by atoms with Crippen LogP contribution in [0, 0.1) is 0 Å². The molecule has 5 aromatic rings. The fourth-order valence-electron chi connectivity index (χ4n) is 3.94. The summed E-state index contributed by atoms with van der Waals surface area (Å²) in [4.78, 5) is 30.0. The van der Waals surface area contributed by atoms with Gasteiger partial charge in [0, 0.05) is 48.2 Å². The van der Waals surface area contributed by atoms with Crippen LogP contribution in [0.4, 0.5) is 0 Å². The quantitative estimate of drug-likeness (QED) is 0.252. The van der Waals surface area contributed by atoms with Gasteiger partial charge in [0.25, 0.3) is 5.56 Å². The second-order valence-corrected chi connectivity index (χ2v) is 9.90. The summed E-state index contributed by atoms with van der Waals surface area (Å²) in [6, 6.07) is 18.3. The monoisotopic (exact) mass is 515 g/mol. The average Bonchev–Trinajstić information content (AvgIpc) is 3.56. The predicted molar refractivity (Wildman–Crippen MR) is 142 cm³/mol. The molecule has 9 heteroatoms. The van der Waals surface area contributed by atoms with Crippen LogP contribution < -0.4 is 5.56 Å². The SMILES string of the molecule is CCc1cc(-c2cc(-n3ccccc3=O)ccc2-n2cc(CCC(=O)c3ccc(Cl)s3)nn2)ccn1. The molecule has 0 radical (unpaired) electrons. The van der Waals surface area contributed by atoms with Crippen molar-refractivity contribution in [2.24, 2.45) is 0 Å². The van der Waals surface area contributed by atoms with Gasteiger partial charge in [-0.15, -0.1) is 16.4 Å². The molecule has 7 nitrogen and oxygen atoms in total. The Morgan fingerprint density at radius 2 is 1.94 bits per heavy atom. The van der Waals surface area contributed by atoms with Gasteiger partial charge >= 0.3 is 0 Å². The van der Waals surface area contributed by atoms with Crippen molar-refractivity contribution in [2.75, 3.05) is 0 Å². The Bertz CT molecular complexity index is 1600. The molecule has 0 N–H and O–H groups in total. The number of hydrogen-bond acceptors (Lipinski definition) is 6. The van der Waals surface area contributed by atoms with E-state index in [-0.39, 0.29) is 11.3 Å². The van der Waals surface area contributed by atoms with E-state index in [2.05, 4.69) is 22.2 Å². The Hall–Kier alpha value is -3.88. The van der Waals surface area contributed by atoms with Gasteiger partial charge in [-0.1, -0.05) is 29.8 Å². The van der Waals surface area contributed by atoms with Crippen LogP contribution in [0.3, 0.4) is 0 Å². The van der Waals surface area contributed by atoms with Crippen molar-refractivity contribution in [1.29, 1.82) is 0 Å². The zero-order valence-electron chi connectivity index (χ0n) is 19.5. The largest absolute Gasteiger partial charge is 0.293 e. The zero-order valence-corrected chi connectivity index (χ0v) is 21.0. The lowest BCUT2D eigenvalue weighted by atomic mass is 10.0. The molecule has 0 aliphatic heterocycles. The first-order valence-electron chi connectivity index (χ1n) is 11.5. The number of rotatable bonds is 8. The summed E-state index contributed by atoms with van der Waals surface area (Å²) < 4.78 is 3.91. The Morgan fingerprint density at radius 1 is 1.06 bits per heavy atom. The number of nitrogens with zero attached hydrogens (tertiary/aromatic N) is 5. The molecule has 0 amide bonds. The number of hydrogen-bond donors (Lipinski definition) is 0. The smallest absolute Gasteiger partial charge is 0.255 e. The van der Waals surface area contributed by atoms with Crippen molar-refractivity contribution in [3.63, 3.8) is 0 Å². The van der Waals surface area contributed by atoms with Gasteiger partial charge in [-0.2, -0.15) is 0 Å². The number of carbonyl (C=O) groups excluding carboxylic acids is 1. The number of carbonyl (C=O) groups is 1. The van der Waals surface area contributed by atoms with E-state index in [9.17, 15) is 9.59 Å². The van der Waals surface area contributed by atoms with E-state index < -0.39 is 0 Å². The van der Waals surface area contributed by atoms with Gasteiger partial charge in [0.2, 0.25) is 0 Å². The van der Waals surface area contributed by atoms with Gasteiger partial charge < -0.3 is 0 Å². The van der Waals surface area contributed by atoms with Crippen LogP contribution in [-0.2, 0) is 12.8 Å². The topological polar surface area (TPSA) is 82.7 Å². The first-order valence-corrected chi connectivity index (χ1v) is 12.7. The lowest BCUT2D eigenvalue weighted by Gasteiger charge is -2.13. The summed E-state index contributed by atoms with van der Waals surface area (Å²) in [6.45, 7) is 2.06. The molecule has 36 heavy (non-hydrogen) atoms. The van der Waals surface area contributed by atoms with E-state index in [1.165, 1.54) is 17.4 Å². The number of thiophene rings is 1. The van der Waals surface area contributed by atoms with Crippen molar-refractivity contribution in [3.8, 4) is 22.5 Å². The average molecular weight is 516 g/mol. The van der Waals surface area contributed by atoms with E-state index in [4.69, 9.17) is 11.6 Å². The molecule has 4 heterocycles. The highest BCUT2D eigenvalue weighted by Gasteiger charge is 2.15. The van der Waals surface area contributed by atoms with Crippen LogP contribution in [0.15, 0.2) is 84.0 Å². The second kappa shape index (κ2) is 10.4. The van der Waals surface area contributed by atoms with Gasteiger partial charge in [0.15, 0.2) is 5.78 Å². The van der Waals surface area contributed by atoms with Gasteiger partial charge in [0.1, 0.15) is 0 Å². The van der Waals surface area contributed by atoms with E-state index in [1.54, 1.807) is 39.8 Å². The van der Waals surface area contributed by atoms with E-state index >= 15 is 0 Å². The molecular weight excluding hydrogens is 494 g/mol. The lowest BCUT2D eigenvalue weighted by Crippen LogP contribution is -2.15. The van der Waals surface area contributed by atoms with Crippen molar-refractivity contribution in [1.82, 2.24) is 24.5 Å². The van der Waals surface area contributed by atoms with Crippen LogP contribution in [-0.4, -0.2) is 30.3 Å². The van der Waals surface area contributed by atoms with Crippen LogP contribution in [0.25, 0.3) is 22.5 Å². The molecule has 0 aliphatic carbocycles. The highest BCUT2D eigenvalue weighted by Crippen LogP contribution is 2.29. The molecular formula is C27H22ClN5O2S. The molecule has 5 rings (SSSR count). The van der Waals surface area contributed by atoms with Gasteiger partial charge in [-0.05, 0) is 60.5 Å².